The maximum Gasteiger partial charge on any atom is 0.238 e. The molecule has 0 spiro atoms. The van der Waals surface area contributed by atoms with Crippen molar-refractivity contribution >= 4 is 39.3 Å². The number of sulfonamides is 1. The third-order valence-electron chi connectivity index (χ3n) is 4.05. The molecule has 1 atom stereocenters. The lowest BCUT2D eigenvalue weighted by Gasteiger charge is -2.25. The van der Waals surface area contributed by atoms with E-state index in [1.165, 1.54) is 23.9 Å². The van der Waals surface area contributed by atoms with Crippen LogP contribution in [0.25, 0.3) is 0 Å². The van der Waals surface area contributed by atoms with Gasteiger partial charge in [0.1, 0.15) is 0 Å². The predicted molar refractivity (Wildman–Crippen MR) is 107 cm³/mol. The lowest BCUT2D eigenvalue weighted by molar-refractivity contribution is -0.128. The Bertz CT molecular complexity index is 870. The van der Waals surface area contributed by atoms with E-state index in [-0.39, 0.29) is 16.8 Å². The Morgan fingerprint density at radius 2 is 1.88 bits per heavy atom. The van der Waals surface area contributed by atoms with E-state index in [0.717, 1.165) is 11.1 Å². The summed E-state index contributed by atoms with van der Waals surface area (Å²) in [6.45, 7) is 1.89. The molecule has 2 aromatic carbocycles. The topological polar surface area (TPSA) is 80.5 Å². The van der Waals surface area contributed by atoms with Crippen molar-refractivity contribution in [3.63, 3.8) is 0 Å². The van der Waals surface area contributed by atoms with E-state index in [9.17, 15) is 13.2 Å². The molecule has 1 unspecified atom stereocenters. The number of hydrogen-bond donors (Lipinski definition) is 1. The second-order valence-corrected chi connectivity index (χ2v) is 8.90. The lowest BCUT2D eigenvalue weighted by atomic mass is 10.1. The number of carbonyl (C=O) groups is 1. The fourth-order valence-corrected chi connectivity index (χ4v) is 3.98. The Labute approximate surface area is 163 Å². The molecule has 0 radical (unpaired) electrons. The number of halogens is 1. The molecule has 2 N–H and O–H groups in total. The van der Waals surface area contributed by atoms with Gasteiger partial charge in [0.25, 0.3) is 0 Å². The molecule has 0 aliphatic rings. The average Bonchev–Trinajstić information content (AvgIpc) is 2.60. The van der Waals surface area contributed by atoms with Crippen molar-refractivity contribution < 1.29 is 13.2 Å². The molecular weight excluding hydrogens is 392 g/mol. The maximum absolute atomic E-state index is 12.4. The molecule has 26 heavy (non-hydrogen) atoms. The van der Waals surface area contributed by atoms with Gasteiger partial charge in [0.05, 0.1) is 16.7 Å². The first-order valence-electron chi connectivity index (χ1n) is 7.89. The van der Waals surface area contributed by atoms with E-state index in [4.69, 9.17) is 16.7 Å². The minimum Gasteiger partial charge on any atom is -0.338 e. The first-order valence-corrected chi connectivity index (χ1v) is 11.0. The predicted octanol–water partition coefficient (Wildman–Crippen LogP) is 3.44. The summed E-state index contributed by atoms with van der Waals surface area (Å²) in [6, 6.07) is 13.6. The van der Waals surface area contributed by atoms with Gasteiger partial charge in [-0.3, -0.25) is 4.79 Å². The van der Waals surface area contributed by atoms with Crippen molar-refractivity contribution in [1.82, 2.24) is 4.90 Å². The van der Waals surface area contributed by atoms with Crippen LogP contribution in [0.3, 0.4) is 0 Å². The van der Waals surface area contributed by atoms with E-state index in [0.29, 0.717) is 16.5 Å². The quantitative estimate of drug-likeness (QED) is 0.755. The number of primary sulfonamides is 1. The zero-order valence-electron chi connectivity index (χ0n) is 14.6. The van der Waals surface area contributed by atoms with Gasteiger partial charge in [0.2, 0.25) is 15.9 Å². The Hall–Kier alpha value is -1.54. The highest BCUT2D eigenvalue weighted by Gasteiger charge is 2.18. The zero-order chi connectivity index (χ0) is 19.3. The minimum atomic E-state index is -3.72. The first kappa shape index (κ1) is 20.8. The van der Waals surface area contributed by atoms with Crippen LogP contribution in [0.15, 0.2) is 53.4 Å². The summed E-state index contributed by atoms with van der Waals surface area (Å²) in [4.78, 5) is 14.1. The zero-order valence-corrected chi connectivity index (χ0v) is 16.9. The summed E-state index contributed by atoms with van der Waals surface area (Å²) < 4.78 is 22.6. The number of nitrogens with zero attached hydrogens (tertiary/aromatic N) is 1. The van der Waals surface area contributed by atoms with Gasteiger partial charge in [0.15, 0.2) is 0 Å². The molecule has 0 fully saturated rings. The van der Waals surface area contributed by atoms with Crippen LogP contribution < -0.4 is 5.14 Å². The summed E-state index contributed by atoms with van der Waals surface area (Å²) in [5.41, 5.74) is 1.91. The lowest BCUT2D eigenvalue weighted by Crippen LogP contribution is -2.31. The van der Waals surface area contributed by atoms with Gasteiger partial charge in [-0.1, -0.05) is 35.9 Å². The molecule has 0 saturated heterocycles. The number of carbonyl (C=O) groups excluding carboxylic acids is 1. The van der Waals surface area contributed by atoms with Gasteiger partial charge in [-0.2, -0.15) is 0 Å². The van der Waals surface area contributed by atoms with Crippen molar-refractivity contribution in [3.8, 4) is 0 Å². The normalized spacial score (nSPS) is 12.6. The van der Waals surface area contributed by atoms with Gasteiger partial charge in [-0.25, -0.2) is 13.6 Å². The second kappa shape index (κ2) is 8.90. The molecule has 5 nitrogen and oxygen atoms in total. The van der Waals surface area contributed by atoms with Crippen LogP contribution in [0, 0.1) is 0 Å². The number of nitrogens with two attached hydrogens (primary N) is 1. The van der Waals surface area contributed by atoms with Crippen LogP contribution in [0.2, 0.25) is 5.02 Å². The molecule has 0 saturated carbocycles. The molecule has 0 aromatic heterocycles. The number of hydrogen-bond acceptors (Lipinski definition) is 4. The maximum atomic E-state index is 12.4. The minimum absolute atomic E-state index is 0.0000472. The standard InChI is InChI=1S/C18H21ClN2O3S2/c1-13(15-6-8-17(9-7-15)26(20,23)24)21(2)18(22)12-25-11-14-4-3-5-16(19)10-14/h3-10,13H,11-12H2,1-2H3,(H2,20,23,24). The fraction of sp³-hybridized carbons (Fsp3) is 0.278. The molecule has 2 rings (SSSR count). The molecule has 0 aliphatic carbocycles. The largest absolute Gasteiger partial charge is 0.338 e. The highest BCUT2D eigenvalue weighted by atomic mass is 35.5. The summed E-state index contributed by atoms with van der Waals surface area (Å²) in [5, 5.41) is 5.78. The molecule has 0 bridgehead atoms. The first-order chi connectivity index (χ1) is 12.2. The SMILES string of the molecule is CC(c1ccc(S(N)(=O)=O)cc1)N(C)C(=O)CSCc1cccc(Cl)c1. The molecule has 1 amide bonds. The van der Waals surface area contributed by atoms with Crippen LogP contribution in [-0.4, -0.2) is 32.0 Å². The molecule has 0 heterocycles. The number of rotatable bonds is 7. The summed E-state index contributed by atoms with van der Waals surface area (Å²) in [6.07, 6.45) is 0. The molecular formula is C18H21ClN2O3S2. The summed E-state index contributed by atoms with van der Waals surface area (Å²) in [5.74, 6) is 1.06. The summed E-state index contributed by atoms with van der Waals surface area (Å²) in [7, 11) is -1.98. The van der Waals surface area contributed by atoms with E-state index >= 15 is 0 Å². The molecule has 8 heteroatoms. The molecule has 0 aliphatic heterocycles. The Morgan fingerprint density at radius 3 is 2.46 bits per heavy atom. The van der Waals surface area contributed by atoms with Gasteiger partial charge in [-0.15, -0.1) is 11.8 Å². The van der Waals surface area contributed by atoms with Gasteiger partial charge >= 0.3 is 0 Å². The third kappa shape index (κ3) is 5.74. The Kier molecular flexibility index (Phi) is 7.11. The average molecular weight is 413 g/mol. The number of benzene rings is 2. The molecule has 2 aromatic rings. The highest BCUT2D eigenvalue weighted by Crippen LogP contribution is 2.22. The highest BCUT2D eigenvalue weighted by molar-refractivity contribution is 7.99. The Morgan fingerprint density at radius 1 is 1.23 bits per heavy atom. The second-order valence-electron chi connectivity index (χ2n) is 5.92. The van der Waals surface area contributed by atoms with Crippen molar-refractivity contribution in [3.05, 3.63) is 64.7 Å². The van der Waals surface area contributed by atoms with E-state index in [1.807, 2.05) is 31.2 Å². The molecule has 140 valence electrons. The smallest absolute Gasteiger partial charge is 0.238 e. The summed E-state index contributed by atoms with van der Waals surface area (Å²) >= 11 is 7.48. The van der Waals surface area contributed by atoms with Crippen LogP contribution in [0.5, 0.6) is 0 Å². The van der Waals surface area contributed by atoms with Crippen molar-refractivity contribution in [2.75, 3.05) is 12.8 Å². The van der Waals surface area contributed by atoms with Gasteiger partial charge in [-0.05, 0) is 42.3 Å². The van der Waals surface area contributed by atoms with Crippen LogP contribution in [0.4, 0.5) is 0 Å². The van der Waals surface area contributed by atoms with Crippen molar-refractivity contribution in [2.45, 2.75) is 23.6 Å². The van der Waals surface area contributed by atoms with E-state index in [2.05, 4.69) is 0 Å². The van der Waals surface area contributed by atoms with Gasteiger partial charge < -0.3 is 4.90 Å². The van der Waals surface area contributed by atoms with Crippen LogP contribution >= 0.6 is 23.4 Å². The van der Waals surface area contributed by atoms with Crippen LogP contribution in [0.1, 0.15) is 24.1 Å². The van der Waals surface area contributed by atoms with Crippen molar-refractivity contribution in [1.29, 1.82) is 0 Å². The fourth-order valence-electron chi connectivity index (χ4n) is 2.36. The van der Waals surface area contributed by atoms with E-state index < -0.39 is 10.0 Å². The Balaban J connectivity index is 1.92. The van der Waals surface area contributed by atoms with E-state index in [1.54, 1.807) is 24.1 Å². The third-order valence-corrected chi connectivity index (χ3v) is 6.20. The van der Waals surface area contributed by atoms with Crippen LogP contribution in [-0.2, 0) is 20.6 Å². The van der Waals surface area contributed by atoms with Gasteiger partial charge in [0, 0.05) is 17.8 Å². The number of thioether (sulfide) groups is 1. The van der Waals surface area contributed by atoms with Crippen molar-refractivity contribution in [2.24, 2.45) is 5.14 Å². The monoisotopic (exact) mass is 412 g/mol. The number of amides is 1.